The number of aromatic hydroxyl groups is 1. The Labute approximate surface area is 181 Å². The lowest BCUT2D eigenvalue weighted by Gasteiger charge is -2.46. The molecule has 2 aromatic carbocycles. The molecular weight excluding hydrogens is 368 g/mol. The van der Waals surface area contributed by atoms with Gasteiger partial charge in [0.05, 0.1) is 5.54 Å². The van der Waals surface area contributed by atoms with Crippen LogP contribution >= 0.6 is 0 Å². The molecule has 3 aliphatic rings. The highest BCUT2D eigenvalue weighted by atomic mass is 16.3. The van der Waals surface area contributed by atoms with Gasteiger partial charge in [-0.2, -0.15) is 0 Å². The van der Waals surface area contributed by atoms with Crippen LogP contribution in [-0.2, 0) is 12.1 Å². The number of phenolic OH excluding ortho intramolecular Hbond substituents is 1. The third-order valence-corrected chi connectivity index (χ3v) is 8.43. The van der Waals surface area contributed by atoms with Gasteiger partial charge in [-0.05, 0) is 92.6 Å². The highest BCUT2D eigenvalue weighted by Crippen LogP contribution is 2.61. The Morgan fingerprint density at radius 1 is 1.00 bits per heavy atom. The molecule has 1 heterocycles. The minimum Gasteiger partial charge on any atom is -0.507 e. The molecule has 160 valence electrons. The average Bonchev–Trinajstić information content (AvgIpc) is 3.04. The van der Waals surface area contributed by atoms with Crippen molar-refractivity contribution in [1.82, 2.24) is 4.90 Å². The second-order valence-electron chi connectivity index (χ2n) is 10.1. The molecule has 0 bridgehead atoms. The Morgan fingerprint density at radius 3 is 2.43 bits per heavy atom. The molecule has 0 amide bonds. The van der Waals surface area contributed by atoms with Gasteiger partial charge < -0.3 is 10.8 Å². The zero-order valence-electron chi connectivity index (χ0n) is 18.5. The fourth-order valence-corrected chi connectivity index (χ4v) is 7.06. The molecular formula is C27H36N2O. The van der Waals surface area contributed by atoms with Gasteiger partial charge in [-0.15, -0.1) is 0 Å². The lowest BCUT2D eigenvalue weighted by atomic mass is 9.65. The van der Waals surface area contributed by atoms with Crippen molar-refractivity contribution in [2.45, 2.75) is 70.4 Å². The Kier molecular flexibility index (Phi) is 5.15. The summed E-state index contributed by atoms with van der Waals surface area (Å²) in [6.45, 7) is 7.48. The van der Waals surface area contributed by atoms with Crippen LogP contribution in [0.4, 0.5) is 0 Å². The quantitative estimate of drug-likeness (QED) is 0.724. The number of benzene rings is 2. The highest BCUT2D eigenvalue weighted by Gasteiger charge is 2.56. The Morgan fingerprint density at radius 2 is 1.70 bits per heavy atom. The van der Waals surface area contributed by atoms with Gasteiger partial charge >= 0.3 is 0 Å². The first kappa shape index (κ1) is 20.1. The summed E-state index contributed by atoms with van der Waals surface area (Å²) in [6, 6.07) is 13.0. The molecule has 2 aliphatic carbocycles. The number of hydrogen-bond acceptors (Lipinski definition) is 3. The summed E-state index contributed by atoms with van der Waals surface area (Å²) in [6.07, 6.45) is 7.25. The van der Waals surface area contributed by atoms with Crippen molar-refractivity contribution >= 4 is 0 Å². The Hall–Kier alpha value is -1.84. The highest BCUT2D eigenvalue weighted by molar-refractivity contribution is 5.58. The van der Waals surface area contributed by atoms with Crippen LogP contribution in [0.15, 0.2) is 36.4 Å². The SMILES string of the molecule is Cc1cc(C)c2c(c1O)C(N)(C1CCN(Cc3ccccc3)CC1)C1CCCCC21. The van der Waals surface area contributed by atoms with Gasteiger partial charge in [-0.1, -0.05) is 49.2 Å². The summed E-state index contributed by atoms with van der Waals surface area (Å²) in [5, 5.41) is 11.2. The van der Waals surface area contributed by atoms with Gasteiger partial charge in [0.2, 0.25) is 0 Å². The van der Waals surface area contributed by atoms with Crippen molar-refractivity contribution in [3.8, 4) is 5.75 Å². The molecule has 1 saturated heterocycles. The van der Waals surface area contributed by atoms with E-state index in [0.717, 1.165) is 43.6 Å². The number of rotatable bonds is 3. The second kappa shape index (κ2) is 7.69. The molecule has 3 nitrogen and oxygen atoms in total. The Bertz CT molecular complexity index is 916. The van der Waals surface area contributed by atoms with Gasteiger partial charge in [-0.3, -0.25) is 4.90 Å². The second-order valence-corrected chi connectivity index (χ2v) is 10.1. The first-order chi connectivity index (χ1) is 14.5. The average molecular weight is 405 g/mol. The number of fused-ring (bicyclic) bond motifs is 3. The molecule has 5 rings (SSSR count). The van der Waals surface area contributed by atoms with E-state index < -0.39 is 0 Å². The molecule has 3 heteroatoms. The van der Waals surface area contributed by atoms with Crippen molar-refractivity contribution < 1.29 is 5.11 Å². The first-order valence-corrected chi connectivity index (χ1v) is 11.9. The van der Waals surface area contributed by atoms with Crippen molar-refractivity contribution in [2.24, 2.45) is 17.6 Å². The fraction of sp³-hybridized carbons (Fsp3) is 0.556. The van der Waals surface area contributed by atoms with Crippen LogP contribution in [-0.4, -0.2) is 23.1 Å². The van der Waals surface area contributed by atoms with E-state index in [-0.39, 0.29) is 5.54 Å². The summed E-state index contributed by atoms with van der Waals surface area (Å²) in [4.78, 5) is 2.57. The van der Waals surface area contributed by atoms with E-state index in [2.05, 4.69) is 48.2 Å². The van der Waals surface area contributed by atoms with E-state index >= 15 is 0 Å². The molecule has 0 aromatic heterocycles. The molecule has 0 radical (unpaired) electrons. The third-order valence-electron chi connectivity index (χ3n) is 8.43. The number of nitrogens with two attached hydrogens (primary N) is 1. The van der Waals surface area contributed by atoms with E-state index in [1.807, 2.05) is 6.92 Å². The van der Waals surface area contributed by atoms with Gasteiger partial charge in [0, 0.05) is 12.1 Å². The maximum Gasteiger partial charge on any atom is 0.123 e. The number of nitrogens with zero attached hydrogens (tertiary/aromatic N) is 1. The van der Waals surface area contributed by atoms with E-state index in [4.69, 9.17) is 5.73 Å². The summed E-state index contributed by atoms with van der Waals surface area (Å²) in [5.74, 6) is 1.95. The van der Waals surface area contributed by atoms with Crippen LogP contribution < -0.4 is 5.73 Å². The fourth-order valence-electron chi connectivity index (χ4n) is 7.06. The van der Waals surface area contributed by atoms with Crippen molar-refractivity contribution in [3.63, 3.8) is 0 Å². The number of hydrogen-bond donors (Lipinski definition) is 2. The minimum absolute atomic E-state index is 0.375. The predicted molar refractivity (Wildman–Crippen MR) is 123 cm³/mol. The number of aryl methyl sites for hydroxylation is 2. The molecule has 0 spiro atoms. The number of phenols is 1. The van der Waals surface area contributed by atoms with Crippen LogP contribution in [0.1, 0.15) is 72.3 Å². The van der Waals surface area contributed by atoms with Crippen LogP contribution in [0.25, 0.3) is 0 Å². The lowest BCUT2D eigenvalue weighted by Crippen LogP contribution is -2.52. The Balaban J connectivity index is 1.44. The lowest BCUT2D eigenvalue weighted by molar-refractivity contribution is 0.0730. The summed E-state index contributed by atoms with van der Waals surface area (Å²) in [7, 11) is 0. The van der Waals surface area contributed by atoms with Gasteiger partial charge in [0.15, 0.2) is 0 Å². The zero-order valence-corrected chi connectivity index (χ0v) is 18.5. The van der Waals surface area contributed by atoms with Crippen LogP contribution in [0.3, 0.4) is 0 Å². The van der Waals surface area contributed by atoms with Gasteiger partial charge in [-0.25, -0.2) is 0 Å². The number of likely N-dealkylation sites (tertiary alicyclic amines) is 1. The molecule has 2 aromatic rings. The monoisotopic (exact) mass is 404 g/mol. The van der Waals surface area contributed by atoms with Gasteiger partial charge in [0.25, 0.3) is 0 Å². The van der Waals surface area contributed by atoms with Crippen molar-refractivity contribution in [2.75, 3.05) is 13.1 Å². The molecule has 30 heavy (non-hydrogen) atoms. The summed E-state index contributed by atoms with van der Waals surface area (Å²) < 4.78 is 0. The first-order valence-electron chi connectivity index (χ1n) is 11.9. The van der Waals surface area contributed by atoms with E-state index in [0.29, 0.717) is 23.5 Å². The molecule has 1 aliphatic heterocycles. The maximum atomic E-state index is 11.2. The van der Waals surface area contributed by atoms with Crippen LogP contribution in [0.5, 0.6) is 5.75 Å². The summed E-state index contributed by atoms with van der Waals surface area (Å²) >= 11 is 0. The van der Waals surface area contributed by atoms with Gasteiger partial charge in [0.1, 0.15) is 5.75 Å². The predicted octanol–water partition coefficient (Wildman–Crippen LogP) is 5.36. The molecule has 3 unspecified atom stereocenters. The zero-order chi connectivity index (χ0) is 20.9. The van der Waals surface area contributed by atoms with E-state index in [9.17, 15) is 5.11 Å². The normalized spacial score (nSPS) is 29.6. The van der Waals surface area contributed by atoms with Crippen LogP contribution in [0, 0.1) is 25.7 Å². The summed E-state index contributed by atoms with van der Waals surface area (Å²) in [5.41, 5.74) is 13.3. The van der Waals surface area contributed by atoms with E-state index in [1.165, 1.54) is 42.4 Å². The minimum atomic E-state index is -0.375. The van der Waals surface area contributed by atoms with E-state index in [1.54, 1.807) is 0 Å². The standard InChI is InChI=1S/C27H36N2O/c1-18-16-19(2)26(30)25-24(18)22-10-6-7-11-23(22)27(25,28)21-12-14-29(15-13-21)17-20-8-4-3-5-9-20/h3-5,8-9,16,21-23,30H,6-7,10-15,17,28H2,1-2H3. The number of piperidine rings is 1. The topological polar surface area (TPSA) is 49.5 Å². The smallest absolute Gasteiger partial charge is 0.123 e. The molecule has 2 fully saturated rings. The maximum absolute atomic E-state index is 11.2. The largest absolute Gasteiger partial charge is 0.507 e. The molecule has 3 N–H and O–H groups in total. The molecule has 1 saturated carbocycles. The molecule has 3 atom stereocenters. The van der Waals surface area contributed by atoms with Crippen LogP contribution in [0.2, 0.25) is 0 Å². The van der Waals surface area contributed by atoms with Crippen molar-refractivity contribution in [1.29, 1.82) is 0 Å². The third kappa shape index (κ3) is 3.09. The van der Waals surface area contributed by atoms with Crippen molar-refractivity contribution in [3.05, 3.63) is 64.2 Å².